The fraction of sp³-hybridized carbons (Fsp3) is 0.500. The van der Waals surface area contributed by atoms with Crippen LogP contribution in [0.15, 0.2) is 18.2 Å². The van der Waals surface area contributed by atoms with Crippen LogP contribution in [0.3, 0.4) is 0 Å². The van der Waals surface area contributed by atoms with Crippen molar-refractivity contribution in [3.05, 3.63) is 29.3 Å². The van der Waals surface area contributed by atoms with Gasteiger partial charge in [0.1, 0.15) is 0 Å². The van der Waals surface area contributed by atoms with Gasteiger partial charge >= 0.3 is 12.2 Å². The first-order valence-corrected chi connectivity index (χ1v) is 7.67. The Morgan fingerprint density at radius 2 is 2.12 bits per heavy atom. The topological polar surface area (TPSA) is 65.4 Å². The highest BCUT2D eigenvalue weighted by molar-refractivity contribution is 5.90. The smallest absolute Gasteiger partial charge is 0.377 e. The van der Waals surface area contributed by atoms with Gasteiger partial charge < -0.3 is 15.0 Å². The van der Waals surface area contributed by atoms with Gasteiger partial charge in [0, 0.05) is 12.2 Å². The van der Waals surface area contributed by atoms with Crippen LogP contribution in [-0.2, 0) is 10.9 Å². The Labute approximate surface area is 137 Å². The molecular formula is C16H16F3N3O2. The summed E-state index contributed by atoms with van der Waals surface area (Å²) < 4.78 is 44.4. The number of ether oxygens (including phenoxy) is 1. The van der Waals surface area contributed by atoms with E-state index in [4.69, 9.17) is 10.00 Å². The Morgan fingerprint density at radius 1 is 1.38 bits per heavy atom. The molecular weight excluding hydrogens is 323 g/mol. The van der Waals surface area contributed by atoms with Gasteiger partial charge in [0.15, 0.2) is 0 Å². The third kappa shape index (κ3) is 3.46. The molecule has 0 unspecified atom stereocenters. The number of hydrogen-bond acceptors (Lipinski definition) is 3. The largest absolute Gasteiger partial charge is 0.417 e. The molecule has 0 radical (unpaired) electrons. The molecule has 0 aromatic heterocycles. The van der Waals surface area contributed by atoms with Crippen molar-refractivity contribution in [2.24, 2.45) is 5.92 Å². The number of nitriles is 1. The predicted octanol–water partition coefficient (Wildman–Crippen LogP) is 3.22. The summed E-state index contributed by atoms with van der Waals surface area (Å²) in [6.07, 6.45) is -2.58. The highest BCUT2D eigenvalue weighted by atomic mass is 19.4. The van der Waals surface area contributed by atoms with Gasteiger partial charge in [0.25, 0.3) is 0 Å². The summed E-state index contributed by atoms with van der Waals surface area (Å²) in [5.41, 5.74) is -1.50. The van der Waals surface area contributed by atoms with Crippen LogP contribution in [0, 0.1) is 17.2 Å². The molecule has 128 valence electrons. The van der Waals surface area contributed by atoms with Crippen LogP contribution in [-0.4, -0.2) is 36.7 Å². The minimum atomic E-state index is -4.65. The zero-order valence-electron chi connectivity index (χ0n) is 12.8. The van der Waals surface area contributed by atoms with Gasteiger partial charge in [-0.3, -0.25) is 0 Å². The Morgan fingerprint density at radius 3 is 2.75 bits per heavy atom. The lowest BCUT2D eigenvalue weighted by molar-refractivity contribution is -0.137. The van der Waals surface area contributed by atoms with Crippen LogP contribution in [0.5, 0.6) is 0 Å². The highest BCUT2D eigenvalue weighted by Crippen LogP contribution is 2.37. The third-order valence-electron chi connectivity index (χ3n) is 4.29. The van der Waals surface area contributed by atoms with E-state index in [1.54, 1.807) is 4.90 Å². The second-order valence-electron chi connectivity index (χ2n) is 5.97. The fourth-order valence-electron chi connectivity index (χ4n) is 2.90. The van der Waals surface area contributed by atoms with Crippen molar-refractivity contribution in [1.29, 1.82) is 5.26 Å². The average Bonchev–Trinajstić information content (AvgIpc) is 3.39. The van der Waals surface area contributed by atoms with Crippen molar-refractivity contribution in [3.8, 4) is 6.07 Å². The van der Waals surface area contributed by atoms with Gasteiger partial charge in [-0.1, -0.05) is 0 Å². The lowest BCUT2D eigenvalue weighted by Gasteiger charge is -2.35. The number of rotatable bonds is 2. The molecule has 8 heteroatoms. The zero-order chi connectivity index (χ0) is 17.3. The standard InChI is InChI=1S/C16H16F3N3O2/c17-16(18,19)13-7-12(4-3-11(13)8-20)21-15(23)22-5-6-24-9-14(22)10-1-2-10/h3-4,7,10,14H,1-2,5-6,9H2,(H,21,23)/t14-/m1/s1. The highest BCUT2D eigenvalue weighted by Gasteiger charge is 2.39. The Kier molecular flexibility index (Phi) is 4.37. The van der Waals surface area contributed by atoms with E-state index in [9.17, 15) is 18.0 Å². The van der Waals surface area contributed by atoms with E-state index in [2.05, 4.69) is 5.32 Å². The van der Waals surface area contributed by atoms with E-state index >= 15 is 0 Å². The van der Waals surface area contributed by atoms with Gasteiger partial charge in [0.05, 0.1) is 36.5 Å². The molecule has 1 saturated heterocycles. The number of amides is 2. The second-order valence-corrected chi connectivity index (χ2v) is 5.97. The summed E-state index contributed by atoms with van der Waals surface area (Å²) >= 11 is 0. The number of hydrogen-bond donors (Lipinski definition) is 1. The van der Waals surface area contributed by atoms with Crippen LogP contribution < -0.4 is 5.32 Å². The number of carbonyl (C=O) groups is 1. The number of morpholine rings is 1. The maximum atomic E-state index is 13.0. The number of nitrogens with one attached hydrogen (secondary N) is 1. The SMILES string of the molecule is N#Cc1ccc(NC(=O)N2CCOC[C@@H]2C2CC2)cc1C(F)(F)F. The second kappa shape index (κ2) is 6.32. The molecule has 2 fully saturated rings. The average molecular weight is 339 g/mol. The van der Waals surface area contributed by atoms with E-state index in [1.807, 2.05) is 0 Å². The van der Waals surface area contributed by atoms with Gasteiger partial charge in [-0.05, 0) is 37.0 Å². The van der Waals surface area contributed by atoms with E-state index in [1.165, 1.54) is 12.1 Å². The first-order valence-electron chi connectivity index (χ1n) is 7.67. The van der Waals surface area contributed by atoms with Gasteiger partial charge in [-0.25, -0.2) is 4.79 Å². The maximum Gasteiger partial charge on any atom is 0.417 e. The summed E-state index contributed by atoms with van der Waals surface area (Å²) in [6.45, 7) is 1.28. The Hall–Kier alpha value is -2.27. The molecule has 0 bridgehead atoms. The number of halogens is 3. The Bertz CT molecular complexity index is 680. The van der Waals surface area contributed by atoms with Crippen molar-refractivity contribution in [2.75, 3.05) is 25.1 Å². The minimum Gasteiger partial charge on any atom is -0.377 e. The van der Waals surface area contributed by atoms with Gasteiger partial charge in [0.2, 0.25) is 0 Å². The van der Waals surface area contributed by atoms with Crippen LogP contribution in [0.4, 0.5) is 23.7 Å². The third-order valence-corrected chi connectivity index (χ3v) is 4.29. The van der Waals surface area contributed by atoms with Crippen molar-refractivity contribution in [3.63, 3.8) is 0 Å². The lowest BCUT2D eigenvalue weighted by atomic mass is 10.1. The van der Waals surface area contributed by atoms with Crippen molar-refractivity contribution >= 4 is 11.7 Å². The van der Waals surface area contributed by atoms with E-state index in [-0.39, 0.29) is 11.7 Å². The van der Waals surface area contributed by atoms with Crippen LogP contribution >= 0.6 is 0 Å². The van der Waals surface area contributed by atoms with Crippen LogP contribution in [0.25, 0.3) is 0 Å². The number of anilines is 1. The van der Waals surface area contributed by atoms with Crippen molar-refractivity contribution in [1.82, 2.24) is 4.90 Å². The lowest BCUT2D eigenvalue weighted by Crippen LogP contribution is -2.51. The van der Waals surface area contributed by atoms with Crippen molar-refractivity contribution in [2.45, 2.75) is 25.1 Å². The summed E-state index contributed by atoms with van der Waals surface area (Å²) in [5.74, 6) is 0.405. The number of nitrogens with zero attached hydrogens (tertiary/aromatic N) is 2. The molecule has 24 heavy (non-hydrogen) atoms. The van der Waals surface area contributed by atoms with Gasteiger partial charge in [-0.15, -0.1) is 0 Å². The van der Waals surface area contributed by atoms with Gasteiger partial charge in [-0.2, -0.15) is 18.4 Å². The molecule has 2 aliphatic rings. The molecule has 1 saturated carbocycles. The monoisotopic (exact) mass is 339 g/mol. The molecule has 3 rings (SSSR count). The molecule has 1 aliphatic carbocycles. The Balaban J connectivity index is 1.77. The molecule has 1 aromatic rings. The maximum absolute atomic E-state index is 13.0. The van der Waals surface area contributed by atoms with E-state index in [0.717, 1.165) is 25.0 Å². The summed E-state index contributed by atoms with van der Waals surface area (Å²) in [5, 5.41) is 11.3. The molecule has 1 aliphatic heterocycles. The quantitative estimate of drug-likeness (QED) is 0.900. The van der Waals surface area contributed by atoms with Crippen molar-refractivity contribution < 1.29 is 22.7 Å². The summed E-state index contributed by atoms with van der Waals surface area (Å²) in [7, 11) is 0. The first kappa shape index (κ1) is 16.6. The molecule has 1 heterocycles. The molecule has 0 spiro atoms. The van der Waals surface area contributed by atoms with E-state index < -0.39 is 23.3 Å². The zero-order valence-corrected chi connectivity index (χ0v) is 12.8. The molecule has 1 atom stereocenters. The fourth-order valence-corrected chi connectivity index (χ4v) is 2.90. The first-order chi connectivity index (χ1) is 11.4. The molecule has 1 N–H and O–H groups in total. The molecule has 5 nitrogen and oxygen atoms in total. The van der Waals surface area contributed by atoms with E-state index in [0.29, 0.717) is 25.7 Å². The van der Waals surface area contributed by atoms with Crippen LogP contribution in [0.2, 0.25) is 0 Å². The number of alkyl halides is 3. The molecule has 1 aromatic carbocycles. The number of urea groups is 1. The summed E-state index contributed by atoms with van der Waals surface area (Å²) in [6, 6.07) is 4.22. The molecule has 2 amide bonds. The normalized spacial score (nSPS) is 21.2. The number of benzene rings is 1. The number of carbonyl (C=O) groups excluding carboxylic acids is 1. The van der Waals surface area contributed by atoms with Crippen LogP contribution in [0.1, 0.15) is 24.0 Å². The summed E-state index contributed by atoms with van der Waals surface area (Å²) in [4.78, 5) is 14.1. The minimum absolute atomic E-state index is 0.0207. The predicted molar refractivity (Wildman–Crippen MR) is 79.2 cm³/mol.